The fourth-order valence-corrected chi connectivity index (χ4v) is 4.57. The first kappa shape index (κ1) is 21.1. The van der Waals surface area contributed by atoms with Crippen molar-refractivity contribution in [2.45, 2.75) is 18.7 Å². The van der Waals surface area contributed by atoms with E-state index in [1.807, 2.05) is 36.4 Å². The van der Waals surface area contributed by atoms with Crippen LogP contribution in [-0.2, 0) is 21.0 Å². The number of amides is 2. The Kier molecular flexibility index (Phi) is 5.32. The van der Waals surface area contributed by atoms with Crippen molar-refractivity contribution in [1.29, 1.82) is 0 Å². The summed E-state index contributed by atoms with van der Waals surface area (Å²) in [6, 6.07) is 21.9. The van der Waals surface area contributed by atoms with Crippen molar-refractivity contribution in [3.05, 3.63) is 105 Å². The number of nitrogens with zero attached hydrogens (tertiary/aromatic N) is 3. The molecule has 0 bridgehead atoms. The summed E-state index contributed by atoms with van der Waals surface area (Å²) in [5, 5.41) is 13.0. The highest BCUT2D eigenvalue weighted by atomic mass is 35.5. The third-order valence-corrected chi connectivity index (χ3v) is 6.23. The summed E-state index contributed by atoms with van der Waals surface area (Å²) >= 11 is 6.01. The Morgan fingerprint density at radius 3 is 2.27 bits per heavy atom. The number of hydrogen-bond acceptors (Lipinski definition) is 6. The molecule has 0 aromatic heterocycles. The van der Waals surface area contributed by atoms with Crippen LogP contribution in [0.2, 0.25) is 5.02 Å². The zero-order valence-corrected chi connectivity index (χ0v) is 18.0. The molecule has 5 rings (SSSR count). The van der Waals surface area contributed by atoms with Gasteiger partial charge in [-0.2, -0.15) is 0 Å². The van der Waals surface area contributed by atoms with Gasteiger partial charge in [-0.3, -0.25) is 29.4 Å². The highest BCUT2D eigenvalue weighted by molar-refractivity contribution is 6.32. The largest absolute Gasteiger partial charge is 0.288 e. The number of para-hydroxylation sites is 1. The van der Waals surface area contributed by atoms with Gasteiger partial charge >= 0.3 is 0 Å². The summed E-state index contributed by atoms with van der Waals surface area (Å²) in [4.78, 5) is 44.8. The number of carbonyl (C=O) groups excluding carboxylic acids is 2. The number of anilines is 1. The Hall–Kier alpha value is -3.75. The van der Waals surface area contributed by atoms with E-state index < -0.39 is 28.9 Å². The van der Waals surface area contributed by atoms with E-state index in [2.05, 4.69) is 0 Å². The molecular weight excluding hydrogens is 446 g/mol. The molecule has 0 aliphatic carbocycles. The van der Waals surface area contributed by atoms with Crippen molar-refractivity contribution < 1.29 is 19.3 Å². The quantitative estimate of drug-likeness (QED) is 0.318. The van der Waals surface area contributed by atoms with Crippen LogP contribution in [0.5, 0.6) is 0 Å². The lowest BCUT2D eigenvalue weighted by Gasteiger charge is -2.28. The van der Waals surface area contributed by atoms with Crippen LogP contribution >= 0.6 is 11.6 Å². The van der Waals surface area contributed by atoms with Gasteiger partial charge in [-0.25, -0.2) is 5.06 Å². The van der Waals surface area contributed by atoms with Gasteiger partial charge in [-0.15, -0.1) is 0 Å². The number of nitro benzene ring substituents is 1. The number of imide groups is 1. The topological polar surface area (TPSA) is 93.0 Å². The molecule has 8 nitrogen and oxygen atoms in total. The predicted octanol–water partition coefficient (Wildman–Crippen LogP) is 4.29. The Bertz CT molecular complexity index is 1240. The number of nitro groups is 1. The van der Waals surface area contributed by atoms with Crippen LogP contribution in [0.4, 0.5) is 11.4 Å². The van der Waals surface area contributed by atoms with Gasteiger partial charge in [0.15, 0.2) is 6.10 Å². The Balaban J connectivity index is 1.56. The molecule has 0 saturated carbocycles. The number of hydroxylamine groups is 1. The Morgan fingerprint density at radius 1 is 0.939 bits per heavy atom. The Labute approximate surface area is 194 Å². The number of halogens is 1. The molecule has 0 radical (unpaired) electrons. The number of fused-ring (bicyclic) bond motifs is 1. The minimum Gasteiger partial charge on any atom is -0.275 e. The highest BCUT2D eigenvalue weighted by Crippen LogP contribution is 2.47. The number of carbonyl (C=O) groups is 2. The molecule has 2 saturated heterocycles. The summed E-state index contributed by atoms with van der Waals surface area (Å²) in [5.41, 5.74) is 1.64. The fraction of sp³-hybridized carbons (Fsp3) is 0.167. The van der Waals surface area contributed by atoms with E-state index in [4.69, 9.17) is 16.4 Å². The van der Waals surface area contributed by atoms with Gasteiger partial charge in [-0.1, -0.05) is 66.2 Å². The zero-order chi connectivity index (χ0) is 23.1. The molecule has 0 spiro atoms. The van der Waals surface area contributed by atoms with Crippen molar-refractivity contribution in [3.63, 3.8) is 0 Å². The molecule has 2 fully saturated rings. The van der Waals surface area contributed by atoms with E-state index >= 15 is 0 Å². The molecule has 9 heteroatoms. The van der Waals surface area contributed by atoms with E-state index in [9.17, 15) is 19.7 Å². The number of hydrogen-bond donors (Lipinski definition) is 0. The highest BCUT2D eigenvalue weighted by Gasteiger charge is 2.59. The molecule has 2 amide bonds. The van der Waals surface area contributed by atoms with Gasteiger partial charge in [0.05, 0.1) is 23.2 Å². The minimum absolute atomic E-state index is 0.00925. The summed E-state index contributed by atoms with van der Waals surface area (Å²) in [7, 11) is 0. The van der Waals surface area contributed by atoms with Crippen LogP contribution in [0, 0.1) is 16.0 Å². The maximum absolute atomic E-state index is 13.5. The first-order chi connectivity index (χ1) is 16.0. The fourth-order valence-electron chi connectivity index (χ4n) is 4.38. The third kappa shape index (κ3) is 3.63. The smallest absolute Gasteiger partial charge is 0.275 e. The third-order valence-electron chi connectivity index (χ3n) is 5.91. The zero-order valence-electron chi connectivity index (χ0n) is 17.2. The van der Waals surface area contributed by atoms with Gasteiger partial charge in [0.1, 0.15) is 10.9 Å². The second-order valence-corrected chi connectivity index (χ2v) is 8.28. The van der Waals surface area contributed by atoms with Crippen LogP contribution in [-0.4, -0.2) is 27.7 Å². The minimum atomic E-state index is -1.03. The average molecular weight is 464 g/mol. The molecule has 2 aliphatic heterocycles. The van der Waals surface area contributed by atoms with Crippen molar-refractivity contribution in [2.24, 2.45) is 5.92 Å². The van der Waals surface area contributed by atoms with Crippen molar-refractivity contribution >= 4 is 34.8 Å². The molecule has 0 unspecified atom stereocenters. The molecule has 33 heavy (non-hydrogen) atoms. The molecule has 2 aliphatic rings. The molecule has 0 N–H and O–H groups in total. The standard InChI is InChI=1S/C24H18ClN3O5/c25-18-12-11-16(13-19(18)28(31)32)21-20-22(33-27(21)17-9-5-2-6-10-17)24(30)26(23(20)29)14-15-7-3-1-4-8-15/h1-13,20-22H,14H2/t20-,21+,22+/m0/s1. The lowest BCUT2D eigenvalue weighted by molar-refractivity contribution is -0.384. The molecule has 3 aromatic rings. The monoisotopic (exact) mass is 463 g/mol. The van der Waals surface area contributed by atoms with Gasteiger partial charge in [0.25, 0.3) is 11.6 Å². The van der Waals surface area contributed by atoms with Crippen molar-refractivity contribution in [2.75, 3.05) is 5.06 Å². The normalized spacial score (nSPS) is 22.0. The number of rotatable bonds is 5. The van der Waals surface area contributed by atoms with Crippen molar-refractivity contribution in [3.8, 4) is 0 Å². The van der Waals surface area contributed by atoms with Crippen LogP contribution < -0.4 is 5.06 Å². The summed E-state index contributed by atoms with van der Waals surface area (Å²) in [6.45, 7) is 0.133. The summed E-state index contributed by atoms with van der Waals surface area (Å²) < 4.78 is 0. The molecule has 166 valence electrons. The summed E-state index contributed by atoms with van der Waals surface area (Å²) in [6.07, 6.45) is -1.03. The summed E-state index contributed by atoms with van der Waals surface area (Å²) in [5.74, 6) is -1.67. The van der Waals surface area contributed by atoms with Crippen LogP contribution in [0.15, 0.2) is 78.9 Å². The van der Waals surface area contributed by atoms with Gasteiger partial charge in [0.2, 0.25) is 5.91 Å². The number of likely N-dealkylation sites (tertiary alicyclic amines) is 1. The second-order valence-electron chi connectivity index (χ2n) is 7.87. The maximum Gasteiger partial charge on any atom is 0.288 e. The van der Waals surface area contributed by atoms with E-state index in [0.29, 0.717) is 11.3 Å². The van der Waals surface area contributed by atoms with Crippen LogP contribution in [0.3, 0.4) is 0 Å². The lowest BCUT2D eigenvalue weighted by atomic mass is 9.90. The van der Waals surface area contributed by atoms with E-state index in [1.165, 1.54) is 22.1 Å². The number of benzene rings is 3. The van der Waals surface area contributed by atoms with Gasteiger partial charge in [-0.05, 0) is 29.3 Å². The van der Waals surface area contributed by atoms with E-state index in [-0.39, 0.29) is 23.2 Å². The maximum atomic E-state index is 13.5. The van der Waals surface area contributed by atoms with Crippen LogP contribution in [0.1, 0.15) is 17.2 Å². The molecule has 3 atom stereocenters. The Morgan fingerprint density at radius 2 is 1.61 bits per heavy atom. The average Bonchev–Trinajstić information content (AvgIpc) is 3.33. The molecular formula is C24H18ClN3O5. The SMILES string of the molecule is O=C1[C@H]2[C@@H](c3ccc(Cl)c([N+](=O)[O-])c3)N(c3ccccc3)O[C@H]2C(=O)N1Cc1ccccc1. The first-order valence-corrected chi connectivity index (χ1v) is 10.7. The molecule has 2 heterocycles. The van der Waals surface area contributed by atoms with Gasteiger partial charge < -0.3 is 0 Å². The van der Waals surface area contributed by atoms with Crippen LogP contribution in [0.25, 0.3) is 0 Å². The van der Waals surface area contributed by atoms with E-state index in [0.717, 1.165) is 5.56 Å². The lowest BCUT2D eigenvalue weighted by Crippen LogP contribution is -2.36. The predicted molar refractivity (Wildman–Crippen MR) is 120 cm³/mol. The van der Waals surface area contributed by atoms with E-state index in [1.54, 1.807) is 30.3 Å². The van der Waals surface area contributed by atoms with Crippen molar-refractivity contribution in [1.82, 2.24) is 4.90 Å². The second kappa shape index (κ2) is 8.31. The first-order valence-electron chi connectivity index (χ1n) is 10.3. The molecule has 3 aromatic carbocycles. The van der Waals surface area contributed by atoms with Gasteiger partial charge in [0, 0.05) is 6.07 Å².